The van der Waals surface area contributed by atoms with Gasteiger partial charge in [-0.05, 0) is 32.0 Å². The van der Waals surface area contributed by atoms with Crippen molar-refractivity contribution in [1.82, 2.24) is 0 Å². The molecule has 0 fully saturated rings. The lowest BCUT2D eigenvalue weighted by atomic mass is 10.1. The highest BCUT2D eigenvalue weighted by Crippen LogP contribution is 2.21. The summed E-state index contributed by atoms with van der Waals surface area (Å²) in [6.45, 7) is 2.77. The van der Waals surface area contributed by atoms with E-state index in [-0.39, 0.29) is 11.1 Å². The Balaban J connectivity index is 3.08. The van der Waals surface area contributed by atoms with Gasteiger partial charge < -0.3 is 10.4 Å². The van der Waals surface area contributed by atoms with Gasteiger partial charge in [0.2, 0.25) is 0 Å². The average Bonchev–Trinajstić information content (AvgIpc) is 2.37. The van der Waals surface area contributed by atoms with Crippen molar-refractivity contribution in [2.75, 3.05) is 5.32 Å². The summed E-state index contributed by atoms with van der Waals surface area (Å²) in [5, 5.41) is 20.3. The number of benzene rings is 1. The molecule has 1 amide bonds. The Morgan fingerprint density at radius 2 is 1.95 bits per heavy atom. The summed E-state index contributed by atoms with van der Waals surface area (Å²) in [4.78, 5) is 22.7. The molecule has 0 spiro atoms. The zero-order valence-electron chi connectivity index (χ0n) is 10.3. The van der Waals surface area contributed by atoms with Crippen LogP contribution in [0.3, 0.4) is 0 Å². The molecule has 19 heavy (non-hydrogen) atoms. The van der Waals surface area contributed by atoms with Crippen LogP contribution in [-0.2, 0) is 9.59 Å². The third-order valence-corrected chi connectivity index (χ3v) is 3.07. The van der Waals surface area contributed by atoms with Gasteiger partial charge in [0, 0.05) is 15.6 Å². The Labute approximate surface area is 118 Å². The summed E-state index contributed by atoms with van der Waals surface area (Å²) >= 11 is 3.24. The number of carbonyl (C=O) groups is 2. The van der Waals surface area contributed by atoms with E-state index in [1.807, 2.05) is 6.07 Å². The lowest BCUT2D eigenvalue weighted by Gasteiger charge is -2.09. The second-order valence-electron chi connectivity index (χ2n) is 3.81. The van der Waals surface area contributed by atoms with Gasteiger partial charge in [-0.2, -0.15) is 5.26 Å². The fraction of sp³-hybridized carbons (Fsp3) is 0.154. The summed E-state index contributed by atoms with van der Waals surface area (Å²) in [6, 6.07) is 6.77. The molecule has 0 saturated heterocycles. The number of amides is 1. The van der Waals surface area contributed by atoms with E-state index in [9.17, 15) is 9.59 Å². The maximum Gasteiger partial charge on any atom is 0.331 e. The number of halogens is 1. The van der Waals surface area contributed by atoms with Crippen LogP contribution in [0.15, 0.2) is 33.8 Å². The molecular weight excluding hydrogens is 312 g/mol. The number of aliphatic carboxylic acids is 1. The minimum atomic E-state index is -1.15. The number of nitrogens with one attached hydrogen (secondary N) is 1. The first-order valence-electron chi connectivity index (χ1n) is 5.28. The van der Waals surface area contributed by atoms with Crippen LogP contribution in [0, 0.1) is 11.3 Å². The Morgan fingerprint density at radius 3 is 2.47 bits per heavy atom. The van der Waals surface area contributed by atoms with Crippen molar-refractivity contribution in [2.24, 2.45) is 0 Å². The lowest BCUT2D eigenvalue weighted by molar-refractivity contribution is -0.133. The summed E-state index contributed by atoms with van der Waals surface area (Å²) in [5.41, 5.74) is 0.694. The Hall–Kier alpha value is -2.13. The number of hydrogen-bond donors (Lipinski definition) is 2. The van der Waals surface area contributed by atoms with Crippen LogP contribution in [0.2, 0.25) is 0 Å². The van der Waals surface area contributed by atoms with E-state index in [2.05, 4.69) is 21.2 Å². The number of nitrogens with zero attached hydrogens (tertiary/aromatic N) is 1. The molecule has 98 valence electrons. The van der Waals surface area contributed by atoms with Crippen molar-refractivity contribution in [3.05, 3.63) is 39.4 Å². The number of carboxylic acid groups (broad SMARTS) is 1. The van der Waals surface area contributed by atoms with Gasteiger partial charge in [-0.3, -0.25) is 4.79 Å². The first-order chi connectivity index (χ1) is 8.86. The van der Waals surface area contributed by atoms with Crippen LogP contribution < -0.4 is 5.32 Å². The molecule has 5 nitrogen and oxygen atoms in total. The lowest BCUT2D eigenvalue weighted by Crippen LogP contribution is -2.16. The molecule has 0 saturated carbocycles. The summed E-state index contributed by atoms with van der Waals surface area (Å²) in [7, 11) is 0. The molecule has 0 aliphatic heterocycles. The molecule has 0 radical (unpaired) electrons. The fourth-order valence-electron chi connectivity index (χ4n) is 1.26. The molecule has 0 bridgehead atoms. The maximum atomic E-state index is 11.9. The molecule has 0 aliphatic rings. The molecule has 1 rings (SSSR count). The number of anilines is 1. The predicted octanol–water partition coefficient (Wildman–Crippen LogP) is 2.68. The third-order valence-electron chi connectivity index (χ3n) is 2.57. The highest BCUT2D eigenvalue weighted by Gasteiger charge is 2.14. The maximum absolute atomic E-state index is 11.9. The molecule has 1 aromatic carbocycles. The third kappa shape index (κ3) is 3.66. The van der Waals surface area contributed by atoms with E-state index in [1.165, 1.54) is 13.8 Å². The Bertz CT molecular complexity index is 615. The van der Waals surface area contributed by atoms with Crippen molar-refractivity contribution in [3.8, 4) is 6.07 Å². The standard InChI is InChI=1S/C13H11BrN2O3/c1-7(8(2)13(18)19)12(17)16-11-5-10(14)4-3-9(11)6-15/h3-5H,1-2H3,(H,16,17)(H,18,19)/b8-7+. The number of nitriles is 1. The van der Waals surface area contributed by atoms with E-state index in [4.69, 9.17) is 10.4 Å². The molecule has 0 aromatic heterocycles. The molecular formula is C13H11BrN2O3. The first kappa shape index (κ1) is 14.9. The van der Waals surface area contributed by atoms with E-state index in [0.717, 1.165) is 0 Å². The van der Waals surface area contributed by atoms with Crippen LogP contribution in [0.1, 0.15) is 19.4 Å². The monoisotopic (exact) mass is 322 g/mol. The normalized spacial score (nSPS) is 11.3. The fourth-order valence-corrected chi connectivity index (χ4v) is 1.63. The Kier molecular flexibility index (Phi) is 4.84. The van der Waals surface area contributed by atoms with Gasteiger partial charge in [-0.1, -0.05) is 15.9 Å². The van der Waals surface area contributed by atoms with E-state index in [1.54, 1.807) is 18.2 Å². The first-order valence-corrected chi connectivity index (χ1v) is 6.08. The zero-order chi connectivity index (χ0) is 14.6. The molecule has 0 heterocycles. The number of carbonyl (C=O) groups excluding carboxylic acids is 1. The van der Waals surface area contributed by atoms with E-state index in [0.29, 0.717) is 15.7 Å². The number of hydrogen-bond acceptors (Lipinski definition) is 3. The van der Waals surface area contributed by atoms with Crippen LogP contribution in [0.4, 0.5) is 5.69 Å². The topological polar surface area (TPSA) is 90.2 Å². The van der Waals surface area contributed by atoms with Crippen LogP contribution in [0.5, 0.6) is 0 Å². The summed E-state index contributed by atoms with van der Waals surface area (Å²) < 4.78 is 0.707. The molecule has 0 aliphatic carbocycles. The van der Waals surface area contributed by atoms with Gasteiger partial charge in [0.1, 0.15) is 6.07 Å². The zero-order valence-corrected chi connectivity index (χ0v) is 11.9. The van der Waals surface area contributed by atoms with Gasteiger partial charge in [-0.15, -0.1) is 0 Å². The van der Waals surface area contributed by atoms with Gasteiger partial charge in [0.15, 0.2) is 0 Å². The summed E-state index contributed by atoms with van der Waals surface area (Å²) in [5.74, 6) is -1.70. The molecule has 1 aromatic rings. The molecule has 2 N–H and O–H groups in total. The van der Waals surface area contributed by atoms with Crippen molar-refractivity contribution in [1.29, 1.82) is 5.26 Å². The SMILES string of the molecule is C/C(C(=O)O)=C(/C)C(=O)Nc1cc(Br)ccc1C#N. The minimum absolute atomic E-state index is 0.0361. The van der Waals surface area contributed by atoms with Crippen molar-refractivity contribution in [3.63, 3.8) is 0 Å². The highest BCUT2D eigenvalue weighted by atomic mass is 79.9. The largest absolute Gasteiger partial charge is 0.478 e. The second-order valence-corrected chi connectivity index (χ2v) is 4.73. The number of carboxylic acids is 1. The van der Waals surface area contributed by atoms with Crippen molar-refractivity contribution in [2.45, 2.75) is 13.8 Å². The Morgan fingerprint density at radius 1 is 1.32 bits per heavy atom. The predicted molar refractivity (Wildman–Crippen MR) is 73.5 cm³/mol. The van der Waals surface area contributed by atoms with Gasteiger partial charge in [-0.25, -0.2) is 4.79 Å². The molecule has 0 unspecified atom stereocenters. The van der Waals surface area contributed by atoms with E-state index >= 15 is 0 Å². The highest BCUT2D eigenvalue weighted by molar-refractivity contribution is 9.10. The molecule has 0 atom stereocenters. The quantitative estimate of drug-likeness (QED) is 0.837. The average molecular weight is 323 g/mol. The smallest absolute Gasteiger partial charge is 0.331 e. The van der Waals surface area contributed by atoms with E-state index < -0.39 is 11.9 Å². The van der Waals surface area contributed by atoms with Crippen molar-refractivity contribution < 1.29 is 14.7 Å². The van der Waals surface area contributed by atoms with Crippen molar-refractivity contribution >= 4 is 33.5 Å². The van der Waals surface area contributed by atoms with Crippen LogP contribution >= 0.6 is 15.9 Å². The molecule has 6 heteroatoms. The van der Waals surface area contributed by atoms with Crippen LogP contribution in [-0.4, -0.2) is 17.0 Å². The van der Waals surface area contributed by atoms with Gasteiger partial charge in [0.25, 0.3) is 5.91 Å². The summed E-state index contributed by atoms with van der Waals surface area (Å²) in [6.07, 6.45) is 0. The minimum Gasteiger partial charge on any atom is -0.478 e. The second kappa shape index (κ2) is 6.16. The van der Waals surface area contributed by atoms with Crippen LogP contribution in [0.25, 0.3) is 0 Å². The van der Waals surface area contributed by atoms with Gasteiger partial charge >= 0.3 is 5.97 Å². The van der Waals surface area contributed by atoms with Gasteiger partial charge in [0.05, 0.1) is 11.3 Å². The number of rotatable bonds is 3.